The minimum atomic E-state index is 0.299. The molecule has 0 aromatic heterocycles. The molecule has 0 radical (unpaired) electrons. The molecule has 2 aliphatic rings. The second kappa shape index (κ2) is 10.4. The number of hydrogen-bond donors (Lipinski definition) is 1. The van der Waals surface area contributed by atoms with Gasteiger partial charge in [-0.3, -0.25) is 4.79 Å². The van der Waals surface area contributed by atoms with Gasteiger partial charge in [0, 0.05) is 30.8 Å². The highest BCUT2D eigenvalue weighted by atomic mass is 16.1. The van der Waals surface area contributed by atoms with Crippen molar-refractivity contribution in [3.05, 3.63) is 101 Å². The number of rotatable bonds is 6. The largest absolute Gasteiger partial charge is 0.363 e. The molecule has 0 amide bonds. The Balaban J connectivity index is 1.37. The number of carbonyl (C=O) groups excluding carboxylic acids is 1. The van der Waals surface area contributed by atoms with Crippen molar-refractivity contribution in [3.8, 4) is 0 Å². The van der Waals surface area contributed by atoms with Crippen molar-refractivity contribution in [2.45, 2.75) is 51.6 Å². The number of benzene rings is 3. The molecule has 2 heterocycles. The predicted molar refractivity (Wildman–Crippen MR) is 136 cm³/mol. The SMILES string of the molecule is O=C(CCC1CCNCC1)c1ccc2c(c1)CN(Cc1ccccc1)c1ccccc1CC2. The van der Waals surface area contributed by atoms with Gasteiger partial charge in [-0.05, 0) is 85.5 Å². The van der Waals surface area contributed by atoms with E-state index < -0.39 is 0 Å². The maximum absolute atomic E-state index is 13.1. The van der Waals surface area contributed by atoms with Crippen LogP contribution in [0.2, 0.25) is 0 Å². The number of piperidine rings is 1. The zero-order valence-electron chi connectivity index (χ0n) is 19.4. The maximum atomic E-state index is 13.1. The number of ketones is 1. The van der Waals surface area contributed by atoms with E-state index >= 15 is 0 Å². The lowest BCUT2D eigenvalue weighted by Crippen LogP contribution is -2.28. The summed E-state index contributed by atoms with van der Waals surface area (Å²) in [5, 5.41) is 3.42. The molecule has 1 saturated heterocycles. The zero-order chi connectivity index (χ0) is 22.5. The van der Waals surface area contributed by atoms with E-state index in [0.29, 0.717) is 18.1 Å². The lowest BCUT2D eigenvalue weighted by molar-refractivity contribution is 0.0970. The van der Waals surface area contributed by atoms with Gasteiger partial charge >= 0.3 is 0 Å². The van der Waals surface area contributed by atoms with Crippen LogP contribution in [0.1, 0.15) is 58.3 Å². The standard InChI is InChI=1S/C30H34N2O/c33-30(15-10-23-16-18-31-19-17-23)27-14-12-25-11-13-26-8-4-5-9-29(26)32(22-28(25)20-27)21-24-6-2-1-3-7-24/h1-9,12,14,20,23,31H,10-11,13,15-19,21-22H2. The zero-order valence-corrected chi connectivity index (χ0v) is 19.4. The first-order valence-electron chi connectivity index (χ1n) is 12.5. The van der Waals surface area contributed by atoms with Crippen molar-refractivity contribution in [3.63, 3.8) is 0 Å². The molecule has 0 aliphatic carbocycles. The summed E-state index contributed by atoms with van der Waals surface area (Å²) in [6.07, 6.45) is 6.13. The van der Waals surface area contributed by atoms with Crippen molar-refractivity contribution in [1.82, 2.24) is 5.32 Å². The first-order chi connectivity index (χ1) is 16.3. The van der Waals surface area contributed by atoms with E-state index in [9.17, 15) is 4.79 Å². The number of hydrogen-bond acceptors (Lipinski definition) is 3. The van der Waals surface area contributed by atoms with Crippen molar-refractivity contribution >= 4 is 11.5 Å². The monoisotopic (exact) mass is 438 g/mol. The van der Waals surface area contributed by atoms with Crippen LogP contribution in [0.15, 0.2) is 72.8 Å². The molecule has 1 fully saturated rings. The lowest BCUT2D eigenvalue weighted by atomic mass is 9.89. The second-order valence-corrected chi connectivity index (χ2v) is 9.61. The van der Waals surface area contributed by atoms with Gasteiger partial charge in [-0.2, -0.15) is 0 Å². The molecular formula is C30H34N2O. The van der Waals surface area contributed by atoms with E-state index in [1.165, 1.54) is 40.8 Å². The highest BCUT2D eigenvalue weighted by molar-refractivity contribution is 5.96. The topological polar surface area (TPSA) is 32.3 Å². The van der Waals surface area contributed by atoms with Crippen molar-refractivity contribution < 1.29 is 4.79 Å². The number of aryl methyl sites for hydroxylation is 2. The summed E-state index contributed by atoms with van der Waals surface area (Å²) >= 11 is 0. The molecule has 0 saturated carbocycles. The van der Waals surface area contributed by atoms with Gasteiger partial charge < -0.3 is 10.2 Å². The van der Waals surface area contributed by atoms with Crippen molar-refractivity contribution in [2.24, 2.45) is 5.92 Å². The highest BCUT2D eigenvalue weighted by Crippen LogP contribution is 2.30. The van der Waals surface area contributed by atoms with Crippen LogP contribution in [0, 0.1) is 5.92 Å². The molecule has 1 N–H and O–H groups in total. The van der Waals surface area contributed by atoms with Gasteiger partial charge in [0.15, 0.2) is 5.78 Å². The van der Waals surface area contributed by atoms with Gasteiger partial charge in [0.1, 0.15) is 0 Å². The molecule has 0 atom stereocenters. The van der Waals surface area contributed by atoms with E-state index in [-0.39, 0.29) is 0 Å². The Morgan fingerprint density at radius 1 is 0.848 bits per heavy atom. The quantitative estimate of drug-likeness (QED) is 0.482. The molecular weight excluding hydrogens is 404 g/mol. The Morgan fingerprint density at radius 3 is 2.45 bits per heavy atom. The first-order valence-corrected chi connectivity index (χ1v) is 12.5. The summed E-state index contributed by atoms with van der Waals surface area (Å²) in [6, 6.07) is 25.9. The van der Waals surface area contributed by atoms with E-state index in [1.54, 1.807) is 0 Å². The van der Waals surface area contributed by atoms with Gasteiger partial charge in [0.25, 0.3) is 0 Å². The lowest BCUT2D eigenvalue weighted by Gasteiger charge is -2.31. The summed E-state index contributed by atoms with van der Waals surface area (Å²) in [6.45, 7) is 3.88. The molecule has 3 aromatic rings. The van der Waals surface area contributed by atoms with Crippen molar-refractivity contribution in [2.75, 3.05) is 18.0 Å². The maximum Gasteiger partial charge on any atom is 0.162 e. The summed E-state index contributed by atoms with van der Waals surface area (Å²) < 4.78 is 0. The minimum absolute atomic E-state index is 0.299. The van der Waals surface area contributed by atoms with Crippen LogP contribution in [0.5, 0.6) is 0 Å². The third-order valence-electron chi connectivity index (χ3n) is 7.34. The Bertz CT molecular complexity index is 1090. The van der Waals surface area contributed by atoms with Crippen LogP contribution >= 0.6 is 0 Å². The van der Waals surface area contributed by atoms with Crippen LogP contribution in [-0.2, 0) is 25.9 Å². The number of carbonyl (C=O) groups is 1. The fourth-order valence-electron chi connectivity index (χ4n) is 5.38. The molecule has 33 heavy (non-hydrogen) atoms. The Hall–Kier alpha value is -2.91. The third kappa shape index (κ3) is 5.36. The molecule has 5 rings (SSSR count). The molecule has 0 bridgehead atoms. The summed E-state index contributed by atoms with van der Waals surface area (Å²) in [5.41, 5.74) is 7.58. The fraction of sp³-hybridized carbons (Fsp3) is 0.367. The Labute approximate surface area is 197 Å². The molecule has 3 aromatic carbocycles. The van der Waals surface area contributed by atoms with E-state index in [4.69, 9.17) is 0 Å². The molecule has 0 unspecified atom stereocenters. The summed E-state index contributed by atoms with van der Waals surface area (Å²) in [5.74, 6) is 0.991. The average molecular weight is 439 g/mol. The number of nitrogens with one attached hydrogen (secondary N) is 1. The number of fused-ring (bicyclic) bond motifs is 2. The minimum Gasteiger partial charge on any atom is -0.363 e. The number of Topliss-reactive ketones (excluding diaryl/α,β-unsaturated/α-hetero) is 1. The van der Waals surface area contributed by atoms with E-state index in [1.807, 2.05) is 0 Å². The van der Waals surface area contributed by atoms with Crippen LogP contribution < -0.4 is 10.2 Å². The molecule has 2 aliphatic heterocycles. The third-order valence-corrected chi connectivity index (χ3v) is 7.34. The van der Waals surface area contributed by atoms with E-state index in [2.05, 4.69) is 83.0 Å². The molecule has 170 valence electrons. The Morgan fingerprint density at radius 2 is 1.61 bits per heavy atom. The predicted octanol–water partition coefficient (Wildman–Crippen LogP) is 5.95. The fourth-order valence-corrected chi connectivity index (χ4v) is 5.38. The van der Waals surface area contributed by atoms with Gasteiger partial charge in [0.05, 0.1) is 0 Å². The first kappa shape index (κ1) is 21.9. The summed E-state index contributed by atoms with van der Waals surface area (Å²) in [4.78, 5) is 15.5. The smallest absolute Gasteiger partial charge is 0.162 e. The van der Waals surface area contributed by atoms with Gasteiger partial charge in [-0.25, -0.2) is 0 Å². The summed E-state index contributed by atoms with van der Waals surface area (Å²) in [7, 11) is 0. The second-order valence-electron chi connectivity index (χ2n) is 9.61. The van der Waals surface area contributed by atoms with Crippen molar-refractivity contribution in [1.29, 1.82) is 0 Å². The number of nitrogens with zero attached hydrogens (tertiary/aromatic N) is 1. The highest BCUT2D eigenvalue weighted by Gasteiger charge is 2.20. The molecule has 0 spiro atoms. The van der Waals surface area contributed by atoms with E-state index in [0.717, 1.165) is 51.0 Å². The average Bonchev–Trinajstić information content (AvgIpc) is 2.86. The number of para-hydroxylation sites is 1. The van der Waals surface area contributed by atoms with Gasteiger partial charge in [0.2, 0.25) is 0 Å². The van der Waals surface area contributed by atoms with Gasteiger partial charge in [-0.15, -0.1) is 0 Å². The normalized spacial score (nSPS) is 16.4. The van der Waals surface area contributed by atoms with Crippen LogP contribution in [0.3, 0.4) is 0 Å². The van der Waals surface area contributed by atoms with Crippen LogP contribution in [-0.4, -0.2) is 18.9 Å². The molecule has 3 nitrogen and oxygen atoms in total. The Kier molecular flexibility index (Phi) is 6.87. The van der Waals surface area contributed by atoms with Gasteiger partial charge in [-0.1, -0.05) is 60.7 Å². The molecule has 3 heteroatoms. The van der Waals surface area contributed by atoms with Crippen LogP contribution in [0.4, 0.5) is 5.69 Å². The van der Waals surface area contributed by atoms with Crippen LogP contribution in [0.25, 0.3) is 0 Å². The number of anilines is 1.